The summed E-state index contributed by atoms with van der Waals surface area (Å²) in [6.45, 7) is 7.80. The van der Waals surface area contributed by atoms with Gasteiger partial charge in [-0.25, -0.2) is 9.97 Å². The molecule has 1 aliphatic heterocycles. The number of anilines is 1. The molecule has 0 saturated carbocycles. The number of pyridine rings is 1. The highest BCUT2D eigenvalue weighted by Gasteiger charge is 2.13. The number of nitrogens with zero attached hydrogens (tertiary/aromatic N) is 5. The Kier molecular flexibility index (Phi) is 3.91. The molecule has 4 aromatic rings. The summed E-state index contributed by atoms with van der Waals surface area (Å²) in [5.74, 6) is 0.598. The van der Waals surface area contributed by atoms with Crippen LogP contribution in [0.3, 0.4) is 0 Å². The first-order valence-electron chi connectivity index (χ1n) is 9.54. The highest BCUT2D eigenvalue weighted by molar-refractivity contribution is 5.85. The van der Waals surface area contributed by atoms with Gasteiger partial charge in [-0.15, -0.1) is 0 Å². The topological polar surface area (TPSA) is 67.5 Å². The van der Waals surface area contributed by atoms with Gasteiger partial charge in [0, 0.05) is 49.6 Å². The van der Waals surface area contributed by atoms with Crippen LogP contribution < -0.4 is 15.8 Å². The summed E-state index contributed by atoms with van der Waals surface area (Å²) in [4.78, 5) is 24.6. The van der Waals surface area contributed by atoms with E-state index in [9.17, 15) is 4.79 Å². The summed E-state index contributed by atoms with van der Waals surface area (Å²) < 4.78 is 3.53. The number of piperazine rings is 1. The lowest BCUT2D eigenvalue weighted by molar-refractivity contribution is 0.589. The molecule has 0 unspecified atom stereocenters. The van der Waals surface area contributed by atoms with Gasteiger partial charge in [-0.3, -0.25) is 9.36 Å². The minimum absolute atomic E-state index is 0.0625. The smallest absolute Gasteiger partial charge is 0.264 e. The lowest BCUT2D eigenvalue weighted by Crippen LogP contribution is -2.43. The van der Waals surface area contributed by atoms with Crippen molar-refractivity contribution < 1.29 is 0 Å². The van der Waals surface area contributed by atoms with Gasteiger partial charge in [-0.1, -0.05) is 0 Å². The van der Waals surface area contributed by atoms with Crippen LogP contribution in [0.25, 0.3) is 22.2 Å². The zero-order valence-corrected chi connectivity index (χ0v) is 16.0. The van der Waals surface area contributed by atoms with E-state index < -0.39 is 0 Å². The van der Waals surface area contributed by atoms with Crippen molar-refractivity contribution in [1.29, 1.82) is 0 Å². The second-order valence-corrected chi connectivity index (χ2v) is 7.30. The first-order valence-corrected chi connectivity index (χ1v) is 9.54. The SMILES string of the molecule is Cc1cn2cc(-n3ccc4cc(N5CCNCC5)ccc4c3=O)nc(C)c2n1. The molecule has 7 heteroatoms. The van der Waals surface area contributed by atoms with Gasteiger partial charge in [0.2, 0.25) is 0 Å². The number of fused-ring (bicyclic) bond motifs is 2. The molecule has 3 aromatic heterocycles. The van der Waals surface area contributed by atoms with Crippen LogP contribution in [0.2, 0.25) is 0 Å². The van der Waals surface area contributed by atoms with Crippen molar-refractivity contribution in [3.8, 4) is 5.82 Å². The molecular formula is C21H22N6O. The molecule has 1 aromatic carbocycles. The van der Waals surface area contributed by atoms with Crippen LogP contribution in [0.1, 0.15) is 11.4 Å². The van der Waals surface area contributed by atoms with E-state index >= 15 is 0 Å². The number of imidazole rings is 1. The number of hydrogen-bond acceptors (Lipinski definition) is 5. The number of benzene rings is 1. The maximum absolute atomic E-state index is 13.1. The van der Waals surface area contributed by atoms with E-state index in [-0.39, 0.29) is 5.56 Å². The van der Waals surface area contributed by atoms with Crippen molar-refractivity contribution >= 4 is 22.1 Å². The maximum atomic E-state index is 13.1. The Morgan fingerprint density at radius 1 is 1.04 bits per heavy atom. The van der Waals surface area contributed by atoms with Crippen molar-refractivity contribution in [2.75, 3.05) is 31.1 Å². The minimum atomic E-state index is -0.0625. The second kappa shape index (κ2) is 6.45. The Morgan fingerprint density at radius 2 is 1.86 bits per heavy atom. The van der Waals surface area contributed by atoms with Gasteiger partial charge >= 0.3 is 0 Å². The quantitative estimate of drug-likeness (QED) is 0.582. The number of aryl methyl sites for hydroxylation is 2. The summed E-state index contributed by atoms with van der Waals surface area (Å²) in [5.41, 5.74) is 3.64. The fourth-order valence-corrected chi connectivity index (χ4v) is 3.91. The van der Waals surface area contributed by atoms with Gasteiger partial charge in [0.15, 0.2) is 11.5 Å². The molecule has 1 fully saturated rings. The number of hydrogen-bond donors (Lipinski definition) is 1. The standard InChI is InChI=1S/C21H22N6O/c1-14-12-26-13-19(24-15(2)20(26)23-14)27-8-5-16-11-17(3-4-18(16)21(27)28)25-9-6-22-7-10-25/h3-5,8,11-13,22H,6-7,9-10H2,1-2H3. The summed E-state index contributed by atoms with van der Waals surface area (Å²) in [5, 5.41) is 5.02. The van der Waals surface area contributed by atoms with Crippen LogP contribution >= 0.6 is 0 Å². The molecule has 5 rings (SSSR count). The van der Waals surface area contributed by atoms with Gasteiger partial charge in [0.25, 0.3) is 5.56 Å². The predicted octanol–water partition coefficient (Wildman–Crippen LogP) is 2.06. The molecule has 0 atom stereocenters. The third-order valence-electron chi connectivity index (χ3n) is 5.33. The van der Waals surface area contributed by atoms with Crippen molar-refractivity contribution in [3.63, 3.8) is 0 Å². The Hall–Kier alpha value is -3.19. The number of rotatable bonds is 2. The largest absolute Gasteiger partial charge is 0.369 e. The fraction of sp³-hybridized carbons (Fsp3) is 0.286. The fourth-order valence-electron chi connectivity index (χ4n) is 3.91. The first-order chi connectivity index (χ1) is 13.6. The molecule has 1 N–H and O–H groups in total. The summed E-state index contributed by atoms with van der Waals surface area (Å²) >= 11 is 0. The second-order valence-electron chi connectivity index (χ2n) is 7.30. The Morgan fingerprint density at radius 3 is 2.68 bits per heavy atom. The van der Waals surface area contributed by atoms with E-state index in [1.165, 1.54) is 0 Å². The predicted molar refractivity (Wildman–Crippen MR) is 111 cm³/mol. The Balaban J connectivity index is 1.61. The Labute approximate surface area is 162 Å². The van der Waals surface area contributed by atoms with E-state index in [1.807, 2.05) is 55.0 Å². The lowest BCUT2D eigenvalue weighted by Gasteiger charge is -2.29. The number of aromatic nitrogens is 4. The zero-order chi connectivity index (χ0) is 19.3. The van der Waals surface area contributed by atoms with Crippen LogP contribution in [0.15, 0.2) is 47.7 Å². The minimum Gasteiger partial charge on any atom is -0.369 e. The third-order valence-corrected chi connectivity index (χ3v) is 5.33. The summed E-state index contributed by atoms with van der Waals surface area (Å²) in [6, 6.07) is 8.06. The molecule has 0 bridgehead atoms. The highest BCUT2D eigenvalue weighted by atomic mass is 16.1. The van der Waals surface area contributed by atoms with Gasteiger partial charge in [0.1, 0.15) is 0 Å². The van der Waals surface area contributed by atoms with Gasteiger partial charge in [-0.05, 0) is 43.5 Å². The van der Waals surface area contributed by atoms with E-state index in [0.717, 1.165) is 54.3 Å². The van der Waals surface area contributed by atoms with Crippen LogP contribution in [-0.4, -0.2) is 45.1 Å². The molecular weight excluding hydrogens is 352 g/mol. The van der Waals surface area contributed by atoms with E-state index in [0.29, 0.717) is 11.2 Å². The molecule has 1 saturated heterocycles. The van der Waals surface area contributed by atoms with Crippen LogP contribution in [0.5, 0.6) is 0 Å². The zero-order valence-electron chi connectivity index (χ0n) is 16.0. The number of nitrogens with one attached hydrogen (secondary N) is 1. The molecule has 28 heavy (non-hydrogen) atoms. The van der Waals surface area contributed by atoms with Crippen molar-refractivity contribution in [3.05, 3.63) is 64.6 Å². The van der Waals surface area contributed by atoms with E-state index in [2.05, 4.69) is 26.3 Å². The van der Waals surface area contributed by atoms with Crippen molar-refractivity contribution in [1.82, 2.24) is 24.3 Å². The van der Waals surface area contributed by atoms with E-state index in [1.54, 1.807) is 4.57 Å². The van der Waals surface area contributed by atoms with Crippen LogP contribution in [-0.2, 0) is 0 Å². The maximum Gasteiger partial charge on any atom is 0.264 e. The van der Waals surface area contributed by atoms with Crippen molar-refractivity contribution in [2.24, 2.45) is 0 Å². The molecule has 4 heterocycles. The monoisotopic (exact) mass is 374 g/mol. The average Bonchev–Trinajstić information content (AvgIpc) is 3.09. The van der Waals surface area contributed by atoms with Crippen molar-refractivity contribution in [2.45, 2.75) is 13.8 Å². The third kappa shape index (κ3) is 2.75. The Bertz CT molecular complexity index is 1250. The summed E-state index contributed by atoms with van der Waals surface area (Å²) in [6.07, 6.45) is 5.60. The highest BCUT2D eigenvalue weighted by Crippen LogP contribution is 2.21. The van der Waals surface area contributed by atoms with E-state index in [4.69, 9.17) is 0 Å². The molecule has 142 valence electrons. The molecule has 0 aliphatic carbocycles. The first kappa shape index (κ1) is 16.9. The average molecular weight is 374 g/mol. The molecule has 1 aliphatic rings. The molecule has 0 amide bonds. The van der Waals surface area contributed by atoms with Crippen LogP contribution in [0, 0.1) is 13.8 Å². The molecule has 0 spiro atoms. The van der Waals surface area contributed by atoms with Crippen LogP contribution in [0.4, 0.5) is 5.69 Å². The molecule has 0 radical (unpaired) electrons. The molecule has 7 nitrogen and oxygen atoms in total. The van der Waals surface area contributed by atoms with Gasteiger partial charge in [-0.2, -0.15) is 0 Å². The normalized spacial score (nSPS) is 14.9. The van der Waals surface area contributed by atoms with Gasteiger partial charge < -0.3 is 14.6 Å². The van der Waals surface area contributed by atoms with Gasteiger partial charge in [0.05, 0.1) is 17.6 Å². The lowest BCUT2D eigenvalue weighted by atomic mass is 10.1. The summed E-state index contributed by atoms with van der Waals surface area (Å²) in [7, 11) is 0.